The molecule has 0 radical (unpaired) electrons. The standard InChI is InChI=1S/C13H25N3O2/c1-10(2)8-11(17)13-12(18-5)9-14-16(13)7-6-15(3)4/h9-11,17H,6-8H2,1-5H3. The highest BCUT2D eigenvalue weighted by Crippen LogP contribution is 2.29. The van der Waals surface area contributed by atoms with Crippen LogP contribution in [0.3, 0.4) is 0 Å². The van der Waals surface area contributed by atoms with E-state index in [2.05, 4.69) is 23.8 Å². The lowest BCUT2D eigenvalue weighted by Crippen LogP contribution is -2.21. The number of ether oxygens (including phenoxy) is 1. The Kier molecular flexibility index (Phi) is 5.62. The minimum atomic E-state index is -0.524. The third-order valence-corrected chi connectivity index (χ3v) is 2.83. The van der Waals surface area contributed by atoms with Gasteiger partial charge >= 0.3 is 0 Å². The lowest BCUT2D eigenvalue weighted by atomic mass is 10.0. The van der Waals surface area contributed by atoms with Gasteiger partial charge in [0.25, 0.3) is 0 Å². The van der Waals surface area contributed by atoms with Crippen molar-refractivity contribution in [3.63, 3.8) is 0 Å². The summed E-state index contributed by atoms with van der Waals surface area (Å²) in [6.07, 6.45) is 1.86. The van der Waals surface area contributed by atoms with Gasteiger partial charge in [0.1, 0.15) is 5.69 Å². The molecule has 0 spiro atoms. The van der Waals surface area contributed by atoms with E-state index in [1.807, 2.05) is 18.8 Å². The molecule has 1 aromatic heterocycles. The molecule has 18 heavy (non-hydrogen) atoms. The van der Waals surface area contributed by atoms with Gasteiger partial charge in [-0.25, -0.2) is 0 Å². The van der Waals surface area contributed by atoms with E-state index < -0.39 is 6.10 Å². The van der Waals surface area contributed by atoms with Gasteiger partial charge in [0.05, 0.1) is 26.0 Å². The van der Waals surface area contributed by atoms with Gasteiger partial charge in [-0.3, -0.25) is 4.68 Å². The van der Waals surface area contributed by atoms with Crippen LogP contribution in [0, 0.1) is 5.92 Å². The number of nitrogens with zero attached hydrogens (tertiary/aromatic N) is 3. The van der Waals surface area contributed by atoms with Crippen LogP contribution in [-0.2, 0) is 6.54 Å². The van der Waals surface area contributed by atoms with Crippen molar-refractivity contribution in [2.24, 2.45) is 5.92 Å². The van der Waals surface area contributed by atoms with E-state index in [0.29, 0.717) is 18.1 Å². The average molecular weight is 255 g/mol. The normalized spacial score (nSPS) is 13.3. The van der Waals surface area contributed by atoms with Crippen LogP contribution < -0.4 is 4.74 Å². The van der Waals surface area contributed by atoms with Gasteiger partial charge < -0.3 is 14.7 Å². The summed E-state index contributed by atoms with van der Waals surface area (Å²) < 4.78 is 7.12. The van der Waals surface area contributed by atoms with E-state index in [-0.39, 0.29) is 0 Å². The first-order chi connectivity index (χ1) is 8.45. The zero-order chi connectivity index (χ0) is 13.7. The molecule has 0 aromatic carbocycles. The predicted molar refractivity (Wildman–Crippen MR) is 71.7 cm³/mol. The molecule has 0 aliphatic carbocycles. The van der Waals surface area contributed by atoms with Gasteiger partial charge in [-0.1, -0.05) is 13.8 Å². The highest BCUT2D eigenvalue weighted by atomic mass is 16.5. The SMILES string of the molecule is COc1cnn(CCN(C)C)c1C(O)CC(C)C. The number of aliphatic hydroxyl groups is 1. The zero-order valence-electron chi connectivity index (χ0n) is 12.1. The Bertz CT molecular complexity index is 361. The Morgan fingerprint density at radius 1 is 1.44 bits per heavy atom. The summed E-state index contributed by atoms with van der Waals surface area (Å²) in [5.41, 5.74) is 0.785. The lowest BCUT2D eigenvalue weighted by Gasteiger charge is -2.17. The number of likely N-dealkylation sites (N-methyl/N-ethyl adjacent to an activating group) is 1. The molecule has 1 aromatic rings. The van der Waals surface area contributed by atoms with Crippen LogP contribution in [0.5, 0.6) is 5.75 Å². The molecule has 0 fully saturated rings. The topological polar surface area (TPSA) is 50.5 Å². The summed E-state index contributed by atoms with van der Waals surface area (Å²) in [7, 11) is 5.65. The molecule has 5 nitrogen and oxygen atoms in total. The minimum absolute atomic E-state index is 0.432. The Labute approximate surface area is 109 Å². The highest BCUT2D eigenvalue weighted by molar-refractivity contribution is 5.27. The molecule has 0 amide bonds. The largest absolute Gasteiger partial charge is 0.493 e. The summed E-state index contributed by atoms with van der Waals surface area (Å²) >= 11 is 0. The number of aliphatic hydroxyl groups excluding tert-OH is 1. The zero-order valence-corrected chi connectivity index (χ0v) is 12.1. The van der Waals surface area contributed by atoms with Gasteiger partial charge in [0.2, 0.25) is 0 Å². The number of rotatable bonds is 7. The van der Waals surface area contributed by atoms with Crippen LogP contribution in [0.25, 0.3) is 0 Å². The van der Waals surface area contributed by atoms with Gasteiger partial charge in [0.15, 0.2) is 5.75 Å². The molecule has 1 heterocycles. The van der Waals surface area contributed by atoms with Gasteiger partial charge in [-0.15, -0.1) is 0 Å². The van der Waals surface area contributed by atoms with Crippen molar-refractivity contribution in [2.45, 2.75) is 32.9 Å². The Morgan fingerprint density at radius 3 is 2.61 bits per heavy atom. The molecule has 0 aliphatic rings. The Morgan fingerprint density at radius 2 is 2.11 bits per heavy atom. The molecule has 1 rings (SSSR count). The van der Waals surface area contributed by atoms with E-state index in [1.165, 1.54) is 0 Å². The van der Waals surface area contributed by atoms with Crippen LogP contribution in [-0.4, -0.2) is 47.5 Å². The summed E-state index contributed by atoms with van der Waals surface area (Å²) in [5.74, 6) is 1.10. The second-order valence-electron chi connectivity index (χ2n) is 5.27. The minimum Gasteiger partial charge on any atom is -0.493 e. The number of hydrogen-bond acceptors (Lipinski definition) is 4. The van der Waals surface area contributed by atoms with Crippen molar-refractivity contribution in [3.05, 3.63) is 11.9 Å². The average Bonchev–Trinajstić information content (AvgIpc) is 2.68. The third-order valence-electron chi connectivity index (χ3n) is 2.83. The van der Waals surface area contributed by atoms with Crippen molar-refractivity contribution in [1.29, 1.82) is 0 Å². The molecule has 0 saturated heterocycles. The van der Waals surface area contributed by atoms with Crippen molar-refractivity contribution in [1.82, 2.24) is 14.7 Å². The third kappa shape index (κ3) is 3.99. The fraction of sp³-hybridized carbons (Fsp3) is 0.769. The molecule has 1 atom stereocenters. The van der Waals surface area contributed by atoms with Crippen LogP contribution in [0.15, 0.2) is 6.20 Å². The second-order valence-corrected chi connectivity index (χ2v) is 5.27. The summed E-state index contributed by atoms with van der Waals surface area (Å²) in [6, 6.07) is 0. The first kappa shape index (κ1) is 15.0. The fourth-order valence-corrected chi connectivity index (χ4v) is 1.90. The maximum atomic E-state index is 10.3. The smallest absolute Gasteiger partial charge is 0.162 e. The predicted octanol–water partition coefficient (Wildman–Crippen LogP) is 1.53. The van der Waals surface area contributed by atoms with E-state index in [9.17, 15) is 5.11 Å². The molecular formula is C13H25N3O2. The second kappa shape index (κ2) is 6.75. The van der Waals surface area contributed by atoms with Crippen LogP contribution in [0.1, 0.15) is 32.1 Å². The van der Waals surface area contributed by atoms with Crippen molar-refractivity contribution in [3.8, 4) is 5.75 Å². The van der Waals surface area contributed by atoms with E-state index in [1.54, 1.807) is 13.3 Å². The van der Waals surface area contributed by atoms with Crippen LogP contribution in [0.2, 0.25) is 0 Å². The molecule has 5 heteroatoms. The Balaban J connectivity index is 2.87. The number of methoxy groups -OCH3 is 1. The lowest BCUT2D eigenvalue weighted by molar-refractivity contribution is 0.136. The molecular weight excluding hydrogens is 230 g/mol. The van der Waals surface area contributed by atoms with Crippen LogP contribution >= 0.6 is 0 Å². The van der Waals surface area contributed by atoms with Crippen molar-refractivity contribution < 1.29 is 9.84 Å². The first-order valence-corrected chi connectivity index (χ1v) is 6.38. The highest BCUT2D eigenvalue weighted by Gasteiger charge is 2.20. The van der Waals surface area contributed by atoms with Crippen molar-refractivity contribution in [2.75, 3.05) is 27.7 Å². The molecule has 104 valence electrons. The summed E-state index contributed by atoms with van der Waals surface area (Å²) in [5, 5.41) is 14.6. The molecule has 1 N–H and O–H groups in total. The van der Waals surface area contributed by atoms with E-state index >= 15 is 0 Å². The van der Waals surface area contributed by atoms with Gasteiger partial charge in [-0.2, -0.15) is 5.10 Å². The summed E-state index contributed by atoms with van der Waals surface area (Å²) in [4.78, 5) is 2.09. The van der Waals surface area contributed by atoms with Crippen LogP contribution in [0.4, 0.5) is 0 Å². The fourth-order valence-electron chi connectivity index (χ4n) is 1.90. The molecule has 0 aliphatic heterocycles. The van der Waals surface area contributed by atoms with E-state index in [0.717, 1.165) is 18.8 Å². The molecule has 0 bridgehead atoms. The maximum Gasteiger partial charge on any atom is 0.162 e. The van der Waals surface area contributed by atoms with Gasteiger partial charge in [0, 0.05) is 6.54 Å². The quantitative estimate of drug-likeness (QED) is 0.803. The van der Waals surface area contributed by atoms with Gasteiger partial charge in [-0.05, 0) is 26.4 Å². The number of hydrogen-bond donors (Lipinski definition) is 1. The molecule has 0 saturated carbocycles. The Hall–Kier alpha value is -1.07. The maximum absolute atomic E-state index is 10.3. The van der Waals surface area contributed by atoms with E-state index in [4.69, 9.17) is 4.74 Å². The first-order valence-electron chi connectivity index (χ1n) is 6.38. The summed E-state index contributed by atoms with van der Waals surface area (Å²) in [6.45, 7) is 5.82. The monoisotopic (exact) mass is 255 g/mol. The molecule has 1 unspecified atom stereocenters. The number of aromatic nitrogens is 2. The van der Waals surface area contributed by atoms with Crippen molar-refractivity contribution >= 4 is 0 Å².